The van der Waals surface area contributed by atoms with Gasteiger partial charge in [-0.05, 0) is 37.8 Å². The molecule has 2 amide bonds. The van der Waals surface area contributed by atoms with Crippen LogP contribution in [0.4, 0.5) is 5.69 Å². The lowest BCUT2D eigenvalue weighted by atomic mass is 9.66. The quantitative estimate of drug-likeness (QED) is 0.396. The molecule has 3 aliphatic heterocycles. The Hall–Kier alpha value is -2.03. The van der Waals surface area contributed by atoms with Crippen LogP contribution in [0.3, 0.4) is 0 Å². The van der Waals surface area contributed by atoms with Gasteiger partial charge in [0.1, 0.15) is 6.04 Å². The Balaban J connectivity index is 1.86. The number of aliphatic hydroxyl groups excluding tert-OH is 1. The minimum absolute atomic E-state index is 0.0177. The highest BCUT2D eigenvalue weighted by atomic mass is 35.5. The topological polar surface area (TPSA) is 87.2 Å². The first-order valence-corrected chi connectivity index (χ1v) is 13.5. The van der Waals surface area contributed by atoms with Gasteiger partial charge in [0, 0.05) is 11.8 Å². The number of carbonyl (C=O) groups is 3. The number of likely N-dealkylation sites (tertiary alicyclic amines) is 1. The van der Waals surface area contributed by atoms with Gasteiger partial charge in [-0.15, -0.1) is 18.3 Å². The molecule has 1 aromatic rings. The fourth-order valence-electron chi connectivity index (χ4n) is 6.31. The minimum atomic E-state index is -0.849. The van der Waals surface area contributed by atoms with Crippen LogP contribution in [0.5, 0.6) is 0 Å². The number of benzene rings is 1. The molecule has 0 aliphatic carbocycles. The van der Waals surface area contributed by atoms with E-state index in [0.29, 0.717) is 17.1 Å². The summed E-state index contributed by atoms with van der Waals surface area (Å²) in [4.78, 5) is 44.7. The van der Waals surface area contributed by atoms with Crippen LogP contribution in [0.2, 0.25) is 5.02 Å². The van der Waals surface area contributed by atoms with Crippen LogP contribution in [-0.2, 0) is 19.1 Å². The minimum Gasteiger partial charge on any atom is -0.466 e. The summed E-state index contributed by atoms with van der Waals surface area (Å²) in [6.45, 7) is 9.69. The number of halogens is 1. The van der Waals surface area contributed by atoms with Crippen molar-refractivity contribution in [1.29, 1.82) is 0 Å². The van der Waals surface area contributed by atoms with Crippen molar-refractivity contribution in [3.8, 4) is 0 Å². The molecule has 3 unspecified atom stereocenters. The monoisotopic (exact) mass is 520 g/mol. The summed E-state index contributed by atoms with van der Waals surface area (Å²) < 4.78 is 4.59. The second-order valence-electron chi connectivity index (χ2n) is 9.48. The second-order valence-corrected chi connectivity index (χ2v) is 11.4. The highest BCUT2D eigenvalue weighted by molar-refractivity contribution is 8.02. The molecule has 7 atom stereocenters. The van der Waals surface area contributed by atoms with Gasteiger partial charge in [0.15, 0.2) is 0 Å². The number of esters is 1. The van der Waals surface area contributed by atoms with Gasteiger partial charge in [-0.3, -0.25) is 14.4 Å². The number of aliphatic hydroxyl groups is 1. The van der Waals surface area contributed by atoms with E-state index in [9.17, 15) is 19.5 Å². The van der Waals surface area contributed by atoms with Crippen molar-refractivity contribution in [2.45, 2.75) is 55.7 Å². The molecule has 0 radical (unpaired) electrons. The number of nitrogens with zero attached hydrogens (tertiary/aromatic N) is 2. The molecule has 1 N–H and O–H groups in total. The lowest BCUT2D eigenvalue weighted by Gasteiger charge is -2.42. The molecule has 0 aromatic heterocycles. The van der Waals surface area contributed by atoms with Crippen LogP contribution in [0, 0.1) is 17.8 Å². The maximum atomic E-state index is 14.5. The van der Waals surface area contributed by atoms with E-state index in [4.69, 9.17) is 16.3 Å². The molecule has 3 aliphatic rings. The molecule has 2 bridgehead atoms. The first-order valence-electron chi connectivity index (χ1n) is 12.2. The van der Waals surface area contributed by atoms with Gasteiger partial charge >= 0.3 is 5.97 Å². The Morgan fingerprint density at radius 1 is 1.40 bits per heavy atom. The van der Waals surface area contributed by atoms with Gasteiger partial charge in [-0.2, -0.15) is 0 Å². The van der Waals surface area contributed by atoms with Crippen molar-refractivity contribution >= 4 is 46.8 Å². The Morgan fingerprint density at radius 2 is 2.11 bits per heavy atom. The Bertz CT molecular complexity index is 1020. The summed E-state index contributed by atoms with van der Waals surface area (Å²) in [5, 5.41) is 10.5. The van der Waals surface area contributed by atoms with E-state index >= 15 is 0 Å². The maximum absolute atomic E-state index is 14.5. The molecule has 1 spiro atoms. The first-order chi connectivity index (χ1) is 16.8. The molecule has 190 valence electrons. The fourth-order valence-corrected chi connectivity index (χ4v) is 8.93. The average molecular weight is 521 g/mol. The highest BCUT2D eigenvalue weighted by Crippen LogP contribution is 2.69. The molecule has 3 heterocycles. The van der Waals surface area contributed by atoms with E-state index in [0.717, 1.165) is 6.42 Å². The zero-order valence-corrected chi connectivity index (χ0v) is 21.9. The third-order valence-corrected chi connectivity index (χ3v) is 10.2. The van der Waals surface area contributed by atoms with Gasteiger partial charge in [-0.1, -0.05) is 43.7 Å². The fraction of sp³-hybridized carbons (Fsp3) is 0.577. The number of hydrogen-bond acceptors (Lipinski definition) is 6. The smallest absolute Gasteiger partial charge is 0.310 e. The van der Waals surface area contributed by atoms with Gasteiger partial charge in [-0.25, -0.2) is 0 Å². The second kappa shape index (κ2) is 10.1. The van der Waals surface area contributed by atoms with Crippen LogP contribution in [0.25, 0.3) is 0 Å². The summed E-state index contributed by atoms with van der Waals surface area (Å²) in [6.07, 6.45) is 2.83. The number of para-hydroxylation sites is 1. The third kappa shape index (κ3) is 3.89. The van der Waals surface area contributed by atoms with E-state index in [1.54, 1.807) is 58.8 Å². The predicted octanol–water partition coefficient (Wildman–Crippen LogP) is 3.53. The number of hydrogen-bond donors (Lipinski definition) is 1. The molecule has 9 heteroatoms. The van der Waals surface area contributed by atoms with Gasteiger partial charge < -0.3 is 19.6 Å². The highest BCUT2D eigenvalue weighted by Gasteiger charge is 2.77. The van der Waals surface area contributed by atoms with Crippen molar-refractivity contribution in [1.82, 2.24) is 4.90 Å². The van der Waals surface area contributed by atoms with Gasteiger partial charge in [0.25, 0.3) is 5.91 Å². The Kier molecular flexibility index (Phi) is 7.55. The number of ether oxygens (including phenoxy) is 1. The molecule has 4 rings (SSSR count). The predicted molar refractivity (Wildman–Crippen MR) is 137 cm³/mol. The summed E-state index contributed by atoms with van der Waals surface area (Å²) in [7, 11) is 0. The van der Waals surface area contributed by atoms with Crippen molar-refractivity contribution in [2.24, 2.45) is 17.8 Å². The SMILES string of the molecule is C=CCN(C(=O)C1N([C@@H](CC)CO)C(=O)[C@@H]2[C@H](C(=O)OCC)[C@@H]3CC(C)C12S3)c1ccccc1Cl. The van der Waals surface area contributed by atoms with Crippen molar-refractivity contribution in [2.75, 3.05) is 24.7 Å². The lowest BCUT2D eigenvalue weighted by molar-refractivity contribution is -0.154. The summed E-state index contributed by atoms with van der Waals surface area (Å²) >= 11 is 8.07. The summed E-state index contributed by atoms with van der Waals surface area (Å²) in [5.74, 6) is -2.16. The Labute approximate surface area is 215 Å². The number of carbonyl (C=O) groups excluding carboxylic acids is 3. The van der Waals surface area contributed by atoms with Crippen LogP contribution >= 0.6 is 23.4 Å². The van der Waals surface area contributed by atoms with E-state index in [-0.39, 0.29) is 48.7 Å². The normalized spacial score (nSPS) is 31.9. The maximum Gasteiger partial charge on any atom is 0.310 e. The van der Waals surface area contributed by atoms with Gasteiger partial charge in [0.2, 0.25) is 5.91 Å². The number of rotatable bonds is 9. The van der Waals surface area contributed by atoms with E-state index < -0.39 is 28.7 Å². The van der Waals surface area contributed by atoms with Crippen LogP contribution in [-0.4, -0.2) is 69.6 Å². The first kappa shape index (κ1) is 26.0. The number of amides is 2. The largest absolute Gasteiger partial charge is 0.466 e. The van der Waals surface area contributed by atoms with Gasteiger partial charge in [0.05, 0.1) is 46.5 Å². The van der Waals surface area contributed by atoms with Crippen LogP contribution in [0.15, 0.2) is 36.9 Å². The van der Waals surface area contributed by atoms with Crippen molar-refractivity contribution in [3.63, 3.8) is 0 Å². The summed E-state index contributed by atoms with van der Waals surface area (Å²) in [6, 6.07) is 5.70. The number of fused-ring (bicyclic) bond motifs is 1. The number of thioether (sulfide) groups is 1. The van der Waals surface area contributed by atoms with Crippen molar-refractivity contribution in [3.05, 3.63) is 41.9 Å². The van der Waals surface area contributed by atoms with E-state index in [1.165, 1.54) is 0 Å². The average Bonchev–Trinajstić information content (AvgIpc) is 3.43. The molecule has 3 saturated heterocycles. The molecular weight excluding hydrogens is 488 g/mol. The molecule has 0 saturated carbocycles. The van der Waals surface area contributed by atoms with Crippen LogP contribution in [0.1, 0.15) is 33.6 Å². The standard InChI is InChI=1S/C26H33ClN2O5S/c1-5-12-28(18-11-9-8-10-17(18)27)24(32)22-26-15(4)13-19(35-26)20(25(33)34-7-3)21(26)23(31)29(22)16(6-2)14-30/h5,8-11,15-16,19-22,30H,1,6-7,12-14H2,2-4H3/t15?,16-,19-,20+,21-,22?,26?/m0/s1. The third-order valence-electron chi connectivity index (χ3n) is 7.77. The van der Waals surface area contributed by atoms with E-state index in [1.807, 2.05) is 6.92 Å². The zero-order chi connectivity index (χ0) is 25.5. The Morgan fingerprint density at radius 3 is 2.71 bits per heavy atom. The van der Waals surface area contributed by atoms with Crippen molar-refractivity contribution < 1.29 is 24.2 Å². The molecule has 1 aromatic carbocycles. The number of anilines is 1. The molecule has 3 fully saturated rings. The summed E-state index contributed by atoms with van der Waals surface area (Å²) in [5.41, 5.74) is 0.538. The lowest BCUT2D eigenvalue weighted by Crippen LogP contribution is -2.59. The molecule has 7 nitrogen and oxygen atoms in total. The zero-order valence-electron chi connectivity index (χ0n) is 20.4. The molecular formula is C26H33ClN2O5S. The molecule has 35 heavy (non-hydrogen) atoms. The van der Waals surface area contributed by atoms with E-state index in [2.05, 4.69) is 13.5 Å². The van der Waals surface area contributed by atoms with Crippen LogP contribution < -0.4 is 4.90 Å².